The maximum atomic E-state index is 10.8. The standard InChI is InChI=1S/C10H9N3O4/c1-16-7-4-2-6(3-5-7)8-9(13(14)15)10(11)17-12-8/h2-5H,11H2,1H3. The lowest BCUT2D eigenvalue weighted by molar-refractivity contribution is -0.383. The van der Waals surface area contributed by atoms with Crippen molar-refractivity contribution in [1.29, 1.82) is 0 Å². The normalized spacial score (nSPS) is 10.2. The Morgan fingerprint density at radius 1 is 1.41 bits per heavy atom. The topological polar surface area (TPSA) is 104 Å². The zero-order valence-electron chi connectivity index (χ0n) is 8.91. The number of hydrogen-bond donors (Lipinski definition) is 1. The van der Waals surface area contributed by atoms with Crippen LogP contribution < -0.4 is 10.5 Å². The quantitative estimate of drug-likeness (QED) is 0.642. The summed E-state index contributed by atoms with van der Waals surface area (Å²) < 4.78 is 9.61. The Morgan fingerprint density at radius 3 is 2.59 bits per heavy atom. The van der Waals surface area contributed by atoms with Gasteiger partial charge in [-0.25, -0.2) is 0 Å². The summed E-state index contributed by atoms with van der Waals surface area (Å²) in [5.41, 5.74) is 5.66. The molecule has 17 heavy (non-hydrogen) atoms. The number of methoxy groups -OCH3 is 1. The van der Waals surface area contributed by atoms with E-state index in [0.29, 0.717) is 11.3 Å². The smallest absolute Gasteiger partial charge is 0.360 e. The Balaban J connectivity index is 2.49. The Kier molecular flexibility index (Phi) is 2.65. The summed E-state index contributed by atoms with van der Waals surface area (Å²) in [5, 5.41) is 14.4. The van der Waals surface area contributed by atoms with Crippen LogP contribution in [0.1, 0.15) is 0 Å². The first-order valence-electron chi connectivity index (χ1n) is 4.67. The number of aromatic nitrogens is 1. The van der Waals surface area contributed by atoms with Crippen LogP contribution in [0.2, 0.25) is 0 Å². The maximum absolute atomic E-state index is 10.8. The maximum Gasteiger partial charge on any atom is 0.360 e. The van der Waals surface area contributed by atoms with E-state index in [0.717, 1.165) is 0 Å². The van der Waals surface area contributed by atoms with E-state index in [4.69, 9.17) is 10.5 Å². The Labute approximate surface area is 95.9 Å². The van der Waals surface area contributed by atoms with Gasteiger partial charge in [0.15, 0.2) is 5.69 Å². The van der Waals surface area contributed by atoms with Crippen LogP contribution in [-0.2, 0) is 0 Å². The Morgan fingerprint density at radius 2 is 2.06 bits per heavy atom. The molecule has 7 heteroatoms. The molecule has 0 aliphatic heterocycles. The summed E-state index contributed by atoms with van der Waals surface area (Å²) >= 11 is 0. The third-order valence-corrected chi connectivity index (χ3v) is 2.24. The van der Waals surface area contributed by atoms with Crippen molar-refractivity contribution < 1.29 is 14.2 Å². The summed E-state index contributed by atoms with van der Waals surface area (Å²) in [4.78, 5) is 10.2. The number of ether oxygens (including phenoxy) is 1. The van der Waals surface area contributed by atoms with Crippen molar-refractivity contribution in [3.05, 3.63) is 34.4 Å². The van der Waals surface area contributed by atoms with Gasteiger partial charge >= 0.3 is 11.6 Å². The van der Waals surface area contributed by atoms with Gasteiger partial charge in [0.1, 0.15) is 5.75 Å². The molecule has 0 saturated heterocycles. The number of hydrogen-bond acceptors (Lipinski definition) is 6. The molecule has 1 aromatic carbocycles. The molecule has 0 fully saturated rings. The molecule has 0 atom stereocenters. The molecular weight excluding hydrogens is 226 g/mol. The van der Waals surface area contributed by atoms with E-state index in [2.05, 4.69) is 9.68 Å². The molecule has 1 heterocycles. The molecule has 0 spiro atoms. The molecule has 0 amide bonds. The van der Waals surface area contributed by atoms with E-state index in [9.17, 15) is 10.1 Å². The summed E-state index contributed by atoms with van der Waals surface area (Å²) in [6, 6.07) is 6.63. The zero-order chi connectivity index (χ0) is 12.4. The molecule has 0 bridgehead atoms. The average molecular weight is 235 g/mol. The molecule has 0 saturated carbocycles. The molecular formula is C10H9N3O4. The van der Waals surface area contributed by atoms with Crippen LogP contribution in [0.3, 0.4) is 0 Å². The van der Waals surface area contributed by atoms with Crippen molar-refractivity contribution in [2.75, 3.05) is 12.8 Å². The van der Waals surface area contributed by atoms with Gasteiger partial charge in [-0.1, -0.05) is 5.16 Å². The van der Waals surface area contributed by atoms with Crippen molar-refractivity contribution in [2.45, 2.75) is 0 Å². The molecule has 2 N–H and O–H groups in total. The van der Waals surface area contributed by atoms with Crippen molar-refractivity contribution in [3.63, 3.8) is 0 Å². The second kappa shape index (κ2) is 4.12. The van der Waals surface area contributed by atoms with Crippen molar-refractivity contribution in [3.8, 4) is 17.0 Å². The number of nitrogens with two attached hydrogens (primary N) is 1. The second-order valence-corrected chi connectivity index (χ2v) is 3.23. The second-order valence-electron chi connectivity index (χ2n) is 3.23. The number of benzene rings is 1. The van der Waals surface area contributed by atoms with Crippen LogP contribution in [0.4, 0.5) is 11.6 Å². The largest absolute Gasteiger partial charge is 0.497 e. The van der Waals surface area contributed by atoms with Crippen molar-refractivity contribution >= 4 is 11.6 Å². The van der Waals surface area contributed by atoms with Crippen LogP contribution in [0, 0.1) is 10.1 Å². The highest BCUT2D eigenvalue weighted by atomic mass is 16.6. The van der Waals surface area contributed by atoms with E-state index in [-0.39, 0.29) is 17.3 Å². The third kappa shape index (κ3) is 1.89. The third-order valence-electron chi connectivity index (χ3n) is 2.24. The van der Waals surface area contributed by atoms with Gasteiger partial charge in [0.2, 0.25) is 0 Å². The average Bonchev–Trinajstić information content (AvgIpc) is 2.71. The van der Waals surface area contributed by atoms with E-state index >= 15 is 0 Å². The van der Waals surface area contributed by atoms with Gasteiger partial charge < -0.3 is 15.0 Å². The van der Waals surface area contributed by atoms with E-state index in [1.54, 1.807) is 24.3 Å². The zero-order valence-corrected chi connectivity index (χ0v) is 8.91. The van der Waals surface area contributed by atoms with E-state index in [1.165, 1.54) is 7.11 Å². The predicted molar refractivity (Wildman–Crippen MR) is 59.6 cm³/mol. The van der Waals surface area contributed by atoms with Crippen LogP contribution in [0.25, 0.3) is 11.3 Å². The lowest BCUT2D eigenvalue weighted by atomic mass is 10.1. The molecule has 2 rings (SSSR count). The highest BCUT2D eigenvalue weighted by Gasteiger charge is 2.26. The minimum Gasteiger partial charge on any atom is -0.497 e. The highest BCUT2D eigenvalue weighted by Crippen LogP contribution is 2.34. The highest BCUT2D eigenvalue weighted by molar-refractivity contribution is 5.75. The lowest BCUT2D eigenvalue weighted by Crippen LogP contribution is -1.93. The molecule has 7 nitrogen and oxygen atoms in total. The predicted octanol–water partition coefficient (Wildman–Crippen LogP) is 1.84. The van der Waals surface area contributed by atoms with Gasteiger partial charge in [0.25, 0.3) is 0 Å². The fourth-order valence-electron chi connectivity index (χ4n) is 1.41. The molecule has 0 unspecified atom stereocenters. The van der Waals surface area contributed by atoms with Crippen LogP contribution in [0.5, 0.6) is 5.75 Å². The Bertz CT molecular complexity index is 547. The number of nitrogens with zero attached hydrogens (tertiary/aromatic N) is 2. The first kappa shape index (κ1) is 10.9. The van der Waals surface area contributed by atoms with Gasteiger partial charge in [-0.3, -0.25) is 10.1 Å². The van der Waals surface area contributed by atoms with Gasteiger partial charge in [-0.2, -0.15) is 0 Å². The number of nitro groups is 1. The summed E-state index contributed by atoms with van der Waals surface area (Å²) in [5.74, 6) is 0.341. The van der Waals surface area contributed by atoms with E-state index < -0.39 is 4.92 Å². The van der Waals surface area contributed by atoms with Crippen LogP contribution in [0.15, 0.2) is 28.8 Å². The van der Waals surface area contributed by atoms with Gasteiger partial charge in [0, 0.05) is 5.56 Å². The lowest BCUT2D eigenvalue weighted by Gasteiger charge is -1.99. The SMILES string of the molecule is COc1ccc(-c2noc(N)c2[N+](=O)[O-])cc1. The van der Waals surface area contributed by atoms with Gasteiger partial charge in [0.05, 0.1) is 12.0 Å². The number of anilines is 1. The van der Waals surface area contributed by atoms with Crippen molar-refractivity contribution in [2.24, 2.45) is 0 Å². The first-order chi connectivity index (χ1) is 8.13. The van der Waals surface area contributed by atoms with Crippen LogP contribution in [-0.4, -0.2) is 17.2 Å². The van der Waals surface area contributed by atoms with E-state index in [1.807, 2.05) is 0 Å². The number of nitrogen functional groups attached to an aromatic ring is 1. The van der Waals surface area contributed by atoms with Crippen LogP contribution >= 0.6 is 0 Å². The molecule has 0 aliphatic carbocycles. The fraction of sp³-hybridized carbons (Fsp3) is 0.100. The summed E-state index contributed by atoms with van der Waals surface area (Å²) in [6.07, 6.45) is 0. The molecule has 1 aromatic heterocycles. The minimum atomic E-state index is -0.620. The molecule has 88 valence electrons. The first-order valence-corrected chi connectivity index (χ1v) is 4.67. The fourth-order valence-corrected chi connectivity index (χ4v) is 1.41. The van der Waals surface area contributed by atoms with Gasteiger partial charge in [-0.05, 0) is 24.3 Å². The minimum absolute atomic E-state index is 0.107. The monoisotopic (exact) mass is 235 g/mol. The molecule has 0 aliphatic rings. The molecule has 0 radical (unpaired) electrons. The molecule has 2 aromatic rings. The Hall–Kier alpha value is -2.57. The summed E-state index contributed by atoms with van der Waals surface area (Å²) in [6.45, 7) is 0. The number of rotatable bonds is 3. The summed E-state index contributed by atoms with van der Waals surface area (Å²) in [7, 11) is 1.53. The van der Waals surface area contributed by atoms with Crippen molar-refractivity contribution in [1.82, 2.24) is 5.16 Å². The van der Waals surface area contributed by atoms with Gasteiger partial charge in [-0.15, -0.1) is 0 Å².